The molecule has 0 aliphatic rings. The highest BCUT2D eigenvalue weighted by Gasteiger charge is 2.13. The Morgan fingerprint density at radius 1 is 1.00 bits per heavy atom. The molecule has 2 N–H and O–H groups in total. The quantitative estimate of drug-likeness (QED) is 0.735. The molecule has 3 aromatic rings. The summed E-state index contributed by atoms with van der Waals surface area (Å²) >= 11 is 0. The van der Waals surface area contributed by atoms with E-state index >= 15 is 0 Å². The lowest BCUT2D eigenvalue weighted by atomic mass is 10.1. The molecular weight excluding hydrogens is 332 g/mol. The number of H-pyrrole nitrogens is 1. The lowest BCUT2D eigenvalue weighted by Crippen LogP contribution is -2.16. The van der Waals surface area contributed by atoms with E-state index in [1.807, 2.05) is 6.07 Å². The highest BCUT2D eigenvalue weighted by molar-refractivity contribution is 5.68. The third-order valence-corrected chi connectivity index (χ3v) is 3.75. The summed E-state index contributed by atoms with van der Waals surface area (Å²) in [5.74, 6) is 1.63. The Labute approximate surface area is 149 Å². The number of nitrogens with zero attached hydrogens (tertiary/aromatic N) is 2. The van der Waals surface area contributed by atoms with Gasteiger partial charge in [-0.3, -0.25) is 9.78 Å². The fraction of sp³-hybridized carbons (Fsp3) is 0.105. The zero-order valence-electron chi connectivity index (χ0n) is 14.2. The van der Waals surface area contributed by atoms with E-state index in [9.17, 15) is 10.1 Å². The third-order valence-electron chi connectivity index (χ3n) is 3.75. The molecule has 0 bridgehead atoms. The number of anilines is 2. The van der Waals surface area contributed by atoms with Crippen LogP contribution in [0.3, 0.4) is 0 Å². The average molecular weight is 348 g/mol. The molecule has 0 saturated carbocycles. The molecule has 130 valence electrons. The Morgan fingerprint density at radius 3 is 2.12 bits per heavy atom. The van der Waals surface area contributed by atoms with Gasteiger partial charge >= 0.3 is 0 Å². The topological polar surface area (TPSA) is 100 Å². The van der Waals surface area contributed by atoms with Gasteiger partial charge in [-0.15, -0.1) is 0 Å². The second kappa shape index (κ2) is 7.40. The summed E-state index contributed by atoms with van der Waals surface area (Å²) in [6.07, 6.45) is 0. The van der Waals surface area contributed by atoms with E-state index in [1.165, 1.54) is 0 Å². The van der Waals surface area contributed by atoms with Crippen molar-refractivity contribution < 1.29 is 9.47 Å². The molecule has 2 aromatic carbocycles. The van der Waals surface area contributed by atoms with Crippen LogP contribution in [0.4, 0.5) is 11.6 Å². The largest absolute Gasteiger partial charge is 0.497 e. The van der Waals surface area contributed by atoms with Crippen molar-refractivity contribution in [1.82, 2.24) is 9.97 Å². The van der Waals surface area contributed by atoms with E-state index in [1.54, 1.807) is 62.8 Å². The Morgan fingerprint density at radius 2 is 1.58 bits per heavy atom. The predicted molar refractivity (Wildman–Crippen MR) is 97.8 cm³/mol. The van der Waals surface area contributed by atoms with Gasteiger partial charge in [-0.05, 0) is 48.5 Å². The molecule has 0 amide bonds. The number of aromatic amines is 1. The minimum absolute atomic E-state index is 0.0459. The predicted octanol–water partition coefficient (Wildman–Crippen LogP) is 3.07. The van der Waals surface area contributed by atoms with Crippen LogP contribution >= 0.6 is 0 Å². The Bertz CT molecular complexity index is 1000. The van der Waals surface area contributed by atoms with Gasteiger partial charge in [-0.25, -0.2) is 4.98 Å². The fourth-order valence-electron chi connectivity index (χ4n) is 2.41. The van der Waals surface area contributed by atoms with Crippen LogP contribution in [0, 0.1) is 11.3 Å². The number of rotatable bonds is 5. The summed E-state index contributed by atoms with van der Waals surface area (Å²) in [6, 6.07) is 16.1. The molecule has 0 fully saturated rings. The van der Waals surface area contributed by atoms with Crippen LogP contribution < -0.4 is 20.3 Å². The normalized spacial score (nSPS) is 10.0. The average Bonchev–Trinajstić information content (AvgIpc) is 2.68. The SMILES string of the molecule is COc1ccc(Nc2nc(-c3ccc(OC)cc3)c(C#N)c(=O)[nH]2)cc1. The molecule has 7 heteroatoms. The number of ether oxygens (including phenoxy) is 2. The van der Waals surface area contributed by atoms with Crippen molar-refractivity contribution in [2.45, 2.75) is 0 Å². The zero-order valence-corrected chi connectivity index (χ0v) is 14.2. The highest BCUT2D eigenvalue weighted by atomic mass is 16.5. The van der Waals surface area contributed by atoms with Crippen LogP contribution in [0.15, 0.2) is 53.3 Å². The molecule has 0 aliphatic heterocycles. The van der Waals surface area contributed by atoms with Gasteiger partial charge in [0.2, 0.25) is 5.95 Å². The summed E-state index contributed by atoms with van der Waals surface area (Å²) in [7, 11) is 3.15. The standard InChI is InChI=1S/C19H16N4O3/c1-25-14-7-3-12(4-8-14)17-16(11-20)18(24)23-19(22-17)21-13-5-9-15(26-2)10-6-13/h3-10H,1-2H3,(H2,21,22,23,24). The maximum absolute atomic E-state index is 12.3. The monoisotopic (exact) mass is 348 g/mol. The molecule has 0 atom stereocenters. The number of hydrogen-bond donors (Lipinski definition) is 2. The first-order chi connectivity index (χ1) is 12.6. The van der Waals surface area contributed by atoms with Crippen molar-refractivity contribution in [3.05, 3.63) is 64.4 Å². The smallest absolute Gasteiger partial charge is 0.270 e. The van der Waals surface area contributed by atoms with Crippen LogP contribution in [0.25, 0.3) is 11.3 Å². The number of hydrogen-bond acceptors (Lipinski definition) is 6. The van der Waals surface area contributed by atoms with Gasteiger partial charge < -0.3 is 14.8 Å². The lowest BCUT2D eigenvalue weighted by molar-refractivity contribution is 0.415. The van der Waals surface area contributed by atoms with Gasteiger partial charge in [0, 0.05) is 11.3 Å². The third kappa shape index (κ3) is 3.49. The minimum atomic E-state index is -0.510. The van der Waals surface area contributed by atoms with E-state index in [2.05, 4.69) is 15.3 Å². The molecule has 26 heavy (non-hydrogen) atoms. The Hall–Kier alpha value is -3.79. The molecule has 0 aliphatic carbocycles. The van der Waals surface area contributed by atoms with Gasteiger partial charge in [-0.1, -0.05) is 0 Å². The van der Waals surface area contributed by atoms with Crippen LogP contribution in [-0.4, -0.2) is 24.2 Å². The molecule has 1 aromatic heterocycles. The van der Waals surface area contributed by atoms with Crippen molar-refractivity contribution in [1.29, 1.82) is 5.26 Å². The second-order valence-electron chi connectivity index (χ2n) is 5.33. The van der Waals surface area contributed by atoms with Gasteiger partial charge in [-0.2, -0.15) is 5.26 Å². The maximum atomic E-state index is 12.3. The molecule has 7 nitrogen and oxygen atoms in total. The van der Waals surface area contributed by atoms with E-state index in [4.69, 9.17) is 9.47 Å². The summed E-state index contributed by atoms with van der Waals surface area (Å²) in [5, 5.41) is 12.4. The highest BCUT2D eigenvalue weighted by Crippen LogP contribution is 2.24. The first-order valence-corrected chi connectivity index (χ1v) is 7.74. The summed E-state index contributed by atoms with van der Waals surface area (Å²) in [5.41, 5.74) is 1.11. The second-order valence-corrected chi connectivity index (χ2v) is 5.33. The van der Waals surface area contributed by atoms with Crippen molar-refractivity contribution in [3.8, 4) is 28.8 Å². The van der Waals surface area contributed by atoms with Crippen molar-refractivity contribution in [2.24, 2.45) is 0 Å². The first-order valence-electron chi connectivity index (χ1n) is 7.74. The van der Waals surface area contributed by atoms with Gasteiger partial charge in [0.15, 0.2) is 0 Å². The molecule has 3 rings (SSSR count). The number of methoxy groups -OCH3 is 2. The Balaban J connectivity index is 2.00. The summed E-state index contributed by atoms with van der Waals surface area (Å²) < 4.78 is 10.2. The lowest BCUT2D eigenvalue weighted by Gasteiger charge is -2.10. The summed E-state index contributed by atoms with van der Waals surface area (Å²) in [4.78, 5) is 19.3. The molecule has 0 unspecified atom stereocenters. The van der Waals surface area contributed by atoms with Crippen molar-refractivity contribution in [3.63, 3.8) is 0 Å². The van der Waals surface area contributed by atoms with E-state index in [0.717, 1.165) is 11.4 Å². The van der Waals surface area contributed by atoms with Crippen LogP contribution in [-0.2, 0) is 0 Å². The molecule has 0 radical (unpaired) electrons. The molecule has 0 saturated heterocycles. The number of benzene rings is 2. The number of aromatic nitrogens is 2. The molecular formula is C19H16N4O3. The molecule has 0 spiro atoms. The summed E-state index contributed by atoms with van der Waals surface area (Å²) in [6.45, 7) is 0. The number of nitriles is 1. The first kappa shape index (κ1) is 17.0. The van der Waals surface area contributed by atoms with Crippen molar-refractivity contribution >= 4 is 11.6 Å². The van der Waals surface area contributed by atoms with Crippen LogP contribution in [0.5, 0.6) is 11.5 Å². The minimum Gasteiger partial charge on any atom is -0.497 e. The zero-order chi connectivity index (χ0) is 18.5. The van der Waals surface area contributed by atoms with E-state index < -0.39 is 5.56 Å². The fourth-order valence-corrected chi connectivity index (χ4v) is 2.41. The van der Waals surface area contributed by atoms with Gasteiger partial charge in [0.25, 0.3) is 5.56 Å². The van der Waals surface area contributed by atoms with Gasteiger partial charge in [0.05, 0.1) is 19.9 Å². The maximum Gasteiger partial charge on any atom is 0.270 e. The van der Waals surface area contributed by atoms with Gasteiger partial charge in [0.1, 0.15) is 23.1 Å². The number of nitrogens with one attached hydrogen (secondary N) is 2. The Kier molecular flexibility index (Phi) is 4.85. The molecule has 1 heterocycles. The van der Waals surface area contributed by atoms with E-state index in [-0.39, 0.29) is 11.5 Å². The van der Waals surface area contributed by atoms with Crippen LogP contribution in [0.1, 0.15) is 5.56 Å². The van der Waals surface area contributed by atoms with Crippen LogP contribution in [0.2, 0.25) is 0 Å². The van der Waals surface area contributed by atoms with E-state index in [0.29, 0.717) is 17.0 Å². The van der Waals surface area contributed by atoms with Crippen molar-refractivity contribution in [2.75, 3.05) is 19.5 Å².